The maximum absolute atomic E-state index is 9.24. The number of aliphatic hydroxyl groups is 1. The highest BCUT2D eigenvalue weighted by Gasteiger charge is 2.38. The smallest absolute Gasteiger partial charge is 0.228 e. The third-order valence-corrected chi connectivity index (χ3v) is 6.73. The van der Waals surface area contributed by atoms with Gasteiger partial charge in [-0.25, -0.2) is 4.98 Å². The van der Waals surface area contributed by atoms with E-state index in [4.69, 9.17) is 10.00 Å². The fraction of sp³-hybridized carbons (Fsp3) is 0.458. The number of aromatic nitrogens is 5. The van der Waals surface area contributed by atoms with Gasteiger partial charge in [0, 0.05) is 43.0 Å². The van der Waals surface area contributed by atoms with Gasteiger partial charge in [-0.3, -0.25) is 10.00 Å². The lowest BCUT2D eigenvalue weighted by molar-refractivity contribution is 0.0276. The summed E-state index contributed by atoms with van der Waals surface area (Å²) in [5.41, 5.74) is 2.20. The SMILES string of the molecule is COc1cc(Nc2cc(CO)[nH]n2)nc(N[C@@H]2C[C@H]3CCC[C@@H](C2)N3Cc2ccc(C#N)nc2)n1. The van der Waals surface area contributed by atoms with Gasteiger partial charge in [-0.15, -0.1) is 0 Å². The molecule has 0 amide bonds. The summed E-state index contributed by atoms with van der Waals surface area (Å²) in [5, 5.41) is 31.8. The average molecular weight is 476 g/mol. The molecule has 5 heterocycles. The summed E-state index contributed by atoms with van der Waals surface area (Å²) < 4.78 is 5.39. The molecule has 0 spiro atoms. The third-order valence-electron chi connectivity index (χ3n) is 6.73. The summed E-state index contributed by atoms with van der Waals surface area (Å²) in [4.78, 5) is 16.0. The van der Waals surface area contributed by atoms with Gasteiger partial charge < -0.3 is 20.5 Å². The summed E-state index contributed by atoms with van der Waals surface area (Å²) in [6.45, 7) is 0.737. The van der Waals surface area contributed by atoms with Crippen LogP contribution >= 0.6 is 0 Å². The molecule has 3 aromatic rings. The first-order chi connectivity index (χ1) is 17.1. The van der Waals surface area contributed by atoms with E-state index in [-0.39, 0.29) is 12.6 Å². The lowest BCUT2D eigenvalue weighted by atomic mass is 9.81. The molecule has 11 heteroatoms. The van der Waals surface area contributed by atoms with Crippen molar-refractivity contribution in [3.05, 3.63) is 47.4 Å². The van der Waals surface area contributed by atoms with E-state index in [9.17, 15) is 5.11 Å². The summed E-state index contributed by atoms with van der Waals surface area (Å²) in [5.74, 6) is 2.08. The number of nitrogens with one attached hydrogen (secondary N) is 3. The zero-order chi connectivity index (χ0) is 24.2. The van der Waals surface area contributed by atoms with E-state index in [1.54, 1.807) is 25.3 Å². The quantitative estimate of drug-likeness (QED) is 0.383. The Balaban J connectivity index is 1.27. The number of piperidine rings is 2. The Morgan fingerprint density at radius 3 is 2.69 bits per heavy atom. The molecule has 35 heavy (non-hydrogen) atoms. The number of hydrogen-bond donors (Lipinski definition) is 4. The van der Waals surface area contributed by atoms with Gasteiger partial charge >= 0.3 is 0 Å². The topological polar surface area (TPSA) is 148 Å². The molecule has 3 atom stereocenters. The first kappa shape index (κ1) is 23.0. The molecule has 2 saturated heterocycles. The maximum atomic E-state index is 9.24. The molecule has 2 bridgehead atoms. The third kappa shape index (κ3) is 5.34. The number of pyridine rings is 1. The normalized spacial score (nSPS) is 21.8. The summed E-state index contributed by atoms with van der Waals surface area (Å²) >= 11 is 0. The molecule has 182 valence electrons. The van der Waals surface area contributed by atoms with Crippen molar-refractivity contribution in [1.29, 1.82) is 5.26 Å². The second-order valence-electron chi connectivity index (χ2n) is 9.07. The van der Waals surface area contributed by atoms with E-state index in [2.05, 4.69) is 46.8 Å². The number of nitriles is 1. The van der Waals surface area contributed by atoms with Gasteiger partial charge in [0.1, 0.15) is 17.6 Å². The molecule has 0 radical (unpaired) electrons. The molecule has 2 aliphatic rings. The van der Waals surface area contributed by atoms with Crippen LogP contribution in [0.25, 0.3) is 0 Å². The van der Waals surface area contributed by atoms with E-state index in [1.807, 2.05) is 12.3 Å². The second kappa shape index (κ2) is 10.2. The predicted molar refractivity (Wildman–Crippen MR) is 129 cm³/mol. The van der Waals surface area contributed by atoms with Crippen molar-refractivity contribution in [2.24, 2.45) is 0 Å². The van der Waals surface area contributed by atoms with Crippen LogP contribution in [0.1, 0.15) is 49.1 Å². The fourth-order valence-corrected chi connectivity index (χ4v) is 5.13. The van der Waals surface area contributed by atoms with E-state index >= 15 is 0 Å². The number of aromatic amines is 1. The van der Waals surface area contributed by atoms with Crippen LogP contribution in [0.3, 0.4) is 0 Å². The zero-order valence-corrected chi connectivity index (χ0v) is 19.6. The Morgan fingerprint density at radius 1 is 1.20 bits per heavy atom. The van der Waals surface area contributed by atoms with Gasteiger partial charge in [-0.05, 0) is 37.3 Å². The standard InChI is InChI=1S/C24H29N9O2/c1-35-23-10-21(28-22-9-18(14-34)31-32-22)29-24(30-23)27-17-7-19-3-2-4-20(8-17)33(19)13-15-5-6-16(11-25)26-12-15/h5-6,9-10,12,17,19-20,34H,2-4,7-8,13-14H2,1H3,(H3,27,28,29,30,31,32)/t17-,19-,20+. The monoisotopic (exact) mass is 475 g/mol. The summed E-state index contributed by atoms with van der Waals surface area (Å²) in [7, 11) is 1.58. The van der Waals surface area contributed by atoms with Crippen LogP contribution in [-0.4, -0.2) is 60.4 Å². The number of anilines is 3. The molecule has 0 unspecified atom stereocenters. The predicted octanol–water partition coefficient (Wildman–Crippen LogP) is 2.71. The van der Waals surface area contributed by atoms with Crippen molar-refractivity contribution < 1.29 is 9.84 Å². The molecule has 0 aliphatic carbocycles. The Labute approximate surface area is 203 Å². The highest BCUT2D eigenvalue weighted by molar-refractivity contribution is 5.55. The number of nitrogens with zero attached hydrogens (tertiary/aromatic N) is 6. The van der Waals surface area contributed by atoms with E-state index in [0.717, 1.165) is 37.8 Å². The number of rotatable bonds is 8. The van der Waals surface area contributed by atoms with E-state index < -0.39 is 0 Å². The number of aliphatic hydroxyl groups excluding tert-OH is 1. The molecular weight excluding hydrogens is 446 g/mol. The Hall–Kier alpha value is -3.75. The minimum absolute atomic E-state index is 0.114. The highest BCUT2D eigenvalue weighted by atomic mass is 16.5. The summed E-state index contributed by atoms with van der Waals surface area (Å²) in [6, 6.07) is 10.5. The lowest BCUT2D eigenvalue weighted by Crippen LogP contribution is -2.54. The van der Waals surface area contributed by atoms with Crippen molar-refractivity contribution >= 4 is 17.6 Å². The second-order valence-corrected chi connectivity index (χ2v) is 9.07. The van der Waals surface area contributed by atoms with Crippen LogP contribution in [0.4, 0.5) is 17.6 Å². The van der Waals surface area contributed by atoms with Crippen LogP contribution in [-0.2, 0) is 13.2 Å². The lowest BCUT2D eigenvalue weighted by Gasteiger charge is -2.49. The van der Waals surface area contributed by atoms with Crippen LogP contribution in [0.15, 0.2) is 30.5 Å². The number of fused-ring (bicyclic) bond motifs is 2. The van der Waals surface area contributed by atoms with Gasteiger partial charge in [0.2, 0.25) is 11.8 Å². The molecular formula is C24H29N9O2. The summed E-state index contributed by atoms with van der Waals surface area (Å²) in [6.07, 6.45) is 7.39. The molecule has 2 aliphatic heterocycles. The minimum atomic E-state index is -0.114. The Bertz CT molecular complexity index is 1180. The average Bonchev–Trinajstić information content (AvgIpc) is 3.32. The fourth-order valence-electron chi connectivity index (χ4n) is 5.13. The van der Waals surface area contributed by atoms with Crippen LogP contribution in [0.5, 0.6) is 5.88 Å². The van der Waals surface area contributed by atoms with E-state index in [0.29, 0.717) is 46.9 Å². The van der Waals surface area contributed by atoms with Gasteiger partial charge in [-0.2, -0.15) is 20.3 Å². The molecule has 3 aromatic heterocycles. The van der Waals surface area contributed by atoms with Gasteiger partial charge in [0.25, 0.3) is 0 Å². The first-order valence-corrected chi connectivity index (χ1v) is 11.9. The highest BCUT2D eigenvalue weighted by Crippen LogP contribution is 2.36. The van der Waals surface area contributed by atoms with Crippen LogP contribution < -0.4 is 15.4 Å². The van der Waals surface area contributed by atoms with Crippen molar-refractivity contribution in [2.75, 3.05) is 17.7 Å². The molecule has 11 nitrogen and oxygen atoms in total. The molecule has 4 N–H and O–H groups in total. The van der Waals surface area contributed by atoms with Gasteiger partial charge in [0.05, 0.1) is 19.4 Å². The van der Waals surface area contributed by atoms with Crippen molar-refractivity contribution in [3.63, 3.8) is 0 Å². The number of hydrogen-bond acceptors (Lipinski definition) is 10. The molecule has 0 saturated carbocycles. The first-order valence-electron chi connectivity index (χ1n) is 11.9. The van der Waals surface area contributed by atoms with Crippen molar-refractivity contribution in [3.8, 4) is 11.9 Å². The number of H-pyrrole nitrogens is 1. The number of ether oxygens (including phenoxy) is 1. The van der Waals surface area contributed by atoms with Crippen LogP contribution in [0.2, 0.25) is 0 Å². The number of methoxy groups -OCH3 is 1. The maximum Gasteiger partial charge on any atom is 0.228 e. The Morgan fingerprint density at radius 2 is 2.03 bits per heavy atom. The van der Waals surface area contributed by atoms with E-state index in [1.165, 1.54) is 6.42 Å². The van der Waals surface area contributed by atoms with Crippen LogP contribution in [0, 0.1) is 11.3 Å². The molecule has 2 fully saturated rings. The molecule has 5 rings (SSSR count). The zero-order valence-electron chi connectivity index (χ0n) is 19.6. The minimum Gasteiger partial charge on any atom is -0.481 e. The van der Waals surface area contributed by atoms with Crippen molar-refractivity contribution in [2.45, 2.75) is 63.4 Å². The molecule has 0 aromatic carbocycles. The largest absolute Gasteiger partial charge is 0.481 e. The Kier molecular flexibility index (Phi) is 6.74. The van der Waals surface area contributed by atoms with Gasteiger partial charge in [-0.1, -0.05) is 12.5 Å². The van der Waals surface area contributed by atoms with Gasteiger partial charge in [0.15, 0.2) is 5.82 Å². The van der Waals surface area contributed by atoms with Crippen molar-refractivity contribution in [1.82, 2.24) is 30.0 Å².